The van der Waals surface area contributed by atoms with Crippen LogP contribution in [0.5, 0.6) is 0 Å². The van der Waals surface area contributed by atoms with Crippen molar-refractivity contribution in [3.05, 3.63) is 132 Å². The summed E-state index contributed by atoms with van der Waals surface area (Å²) in [6, 6.07) is 35.3. The van der Waals surface area contributed by atoms with E-state index in [4.69, 9.17) is 21.6 Å². The van der Waals surface area contributed by atoms with E-state index in [-0.39, 0.29) is 11.4 Å². The number of para-hydroxylation sites is 2. The molecule has 0 radical (unpaired) electrons. The predicted molar refractivity (Wildman–Crippen MR) is 162 cm³/mol. The Morgan fingerprint density at radius 1 is 0.375 bits per heavy atom. The van der Waals surface area contributed by atoms with Crippen LogP contribution in [0.15, 0.2) is 109 Å². The van der Waals surface area contributed by atoms with Crippen LogP contribution >= 0.6 is 0 Å². The zero-order valence-electron chi connectivity index (χ0n) is 21.3. The molecule has 1 aromatic heterocycles. The summed E-state index contributed by atoms with van der Waals surface area (Å²) in [5.41, 5.74) is 9.17. The monoisotopic (exact) mass is 514 g/mol. The van der Waals surface area contributed by atoms with E-state index >= 15 is 0 Å². The van der Waals surface area contributed by atoms with Gasteiger partial charge >= 0.3 is 0 Å². The molecule has 0 saturated heterocycles. The lowest BCUT2D eigenvalue weighted by Gasteiger charge is -2.22. The quantitative estimate of drug-likeness (QED) is 0.170. The minimum atomic E-state index is 0.136. The van der Waals surface area contributed by atoms with Gasteiger partial charge in [0.2, 0.25) is 0 Å². The van der Waals surface area contributed by atoms with Gasteiger partial charge in [-0.25, -0.2) is 9.97 Å². The van der Waals surface area contributed by atoms with Crippen LogP contribution in [-0.2, 0) is 0 Å². The molecule has 0 saturated carbocycles. The van der Waals surface area contributed by atoms with Crippen molar-refractivity contribution >= 4 is 44.7 Å². The summed E-state index contributed by atoms with van der Waals surface area (Å²) < 4.78 is 0. The molecule has 2 aliphatic rings. The minimum absolute atomic E-state index is 0.136. The van der Waals surface area contributed by atoms with Gasteiger partial charge in [-0.1, -0.05) is 97.1 Å². The molecule has 6 aromatic rings. The summed E-state index contributed by atoms with van der Waals surface area (Å²) in [5, 5.41) is 35.1. The second-order valence-corrected chi connectivity index (χ2v) is 9.71. The predicted octanol–water partition coefficient (Wildman–Crippen LogP) is 7.30. The van der Waals surface area contributed by atoms with Gasteiger partial charge in [0, 0.05) is 22.3 Å². The van der Waals surface area contributed by atoms with E-state index in [2.05, 4.69) is 22.1 Å². The van der Waals surface area contributed by atoms with Gasteiger partial charge in [0.15, 0.2) is 0 Å². The van der Waals surface area contributed by atoms with Gasteiger partial charge in [-0.3, -0.25) is 21.6 Å². The Balaban J connectivity index is 0.000000132. The molecule has 0 atom stereocenters. The third kappa shape index (κ3) is 3.50. The van der Waals surface area contributed by atoms with Crippen LogP contribution < -0.4 is 0 Å². The normalized spacial score (nSPS) is 13.2. The molecule has 4 N–H and O–H groups in total. The Kier molecular flexibility index (Phi) is 5.28. The van der Waals surface area contributed by atoms with Crippen molar-refractivity contribution in [2.24, 2.45) is 0 Å². The Hall–Kier alpha value is -5.62. The number of hydrogen-bond donors (Lipinski definition) is 4. The average Bonchev–Trinajstić information content (AvgIpc) is 3.01. The molecule has 40 heavy (non-hydrogen) atoms. The van der Waals surface area contributed by atoms with Crippen molar-refractivity contribution in [1.82, 2.24) is 9.97 Å². The summed E-state index contributed by atoms with van der Waals surface area (Å²) >= 11 is 0. The van der Waals surface area contributed by atoms with Gasteiger partial charge in [-0.2, -0.15) is 0 Å². The van der Waals surface area contributed by atoms with Crippen molar-refractivity contribution in [3.8, 4) is 22.4 Å². The van der Waals surface area contributed by atoms with Crippen LogP contribution in [0.3, 0.4) is 0 Å². The molecule has 188 valence electrons. The standard InChI is InChI=1S/C18H12N2.C16H10N4/c19-17-15-8-4-3-7-13(15)14-10-9-11-5-1-2-6-12(11)16(14)18(17)20;17-13-9-5-1-2-6-10(9)15-16(14(13)18)20-12-8-4-3-7-11(12)19-15/h1-10,19-20H;1-8,17-18H. The van der Waals surface area contributed by atoms with Crippen molar-refractivity contribution in [3.63, 3.8) is 0 Å². The highest BCUT2D eigenvalue weighted by atomic mass is 14.9. The lowest BCUT2D eigenvalue weighted by Crippen LogP contribution is -2.23. The van der Waals surface area contributed by atoms with E-state index in [0.717, 1.165) is 55.2 Å². The number of nitrogens with zero attached hydrogens (tertiary/aromatic N) is 2. The minimum Gasteiger partial charge on any atom is -0.298 e. The number of aromatic nitrogens is 2. The first-order chi connectivity index (χ1) is 19.5. The topological polar surface area (TPSA) is 121 Å². The van der Waals surface area contributed by atoms with E-state index in [0.29, 0.717) is 22.8 Å². The molecule has 0 fully saturated rings. The molecule has 6 nitrogen and oxygen atoms in total. The second-order valence-electron chi connectivity index (χ2n) is 9.71. The molecule has 2 aliphatic carbocycles. The van der Waals surface area contributed by atoms with Crippen molar-refractivity contribution < 1.29 is 0 Å². The zero-order chi connectivity index (χ0) is 27.4. The van der Waals surface area contributed by atoms with Crippen LogP contribution in [-0.4, -0.2) is 32.8 Å². The largest absolute Gasteiger partial charge is 0.298 e. The fourth-order valence-electron chi connectivity index (χ4n) is 5.48. The molecular formula is C34H22N6. The van der Waals surface area contributed by atoms with Gasteiger partial charge in [0.25, 0.3) is 0 Å². The van der Waals surface area contributed by atoms with Gasteiger partial charge in [-0.05, 0) is 34.0 Å². The first-order valence-corrected chi connectivity index (χ1v) is 12.9. The molecule has 0 bridgehead atoms. The Labute approximate surface area is 230 Å². The number of benzene rings is 5. The number of rotatable bonds is 0. The lowest BCUT2D eigenvalue weighted by molar-refractivity contribution is 1.24. The number of fused-ring (bicyclic) bond motifs is 9. The molecule has 8 rings (SSSR count). The van der Waals surface area contributed by atoms with Crippen molar-refractivity contribution in [2.45, 2.75) is 0 Å². The van der Waals surface area contributed by atoms with Gasteiger partial charge in [0.05, 0.1) is 33.9 Å². The summed E-state index contributed by atoms with van der Waals surface area (Å²) in [4.78, 5) is 9.16. The third-order valence-corrected chi connectivity index (χ3v) is 7.42. The van der Waals surface area contributed by atoms with Gasteiger partial charge in [-0.15, -0.1) is 0 Å². The molecule has 1 heterocycles. The van der Waals surface area contributed by atoms with Crippen molar-refractivity contribution in [2.75, 3.05) is 0 Å². The second kappa shape index (κ2) is 8.99. The highest BCUT2D eigenvalue weighted by Gasteiger charge is 2.28. The third-order valence-electron chi connectivity index (χ3n) is 7.42. The molecule has 0 aliphatic heterocycles. The maximum Gasteiger partial charge on any atom is 0.117 e. The lowest BCUT2D eigenvalue weighted by atomic mass is 9.81. The van der Waals surface area contributed by atoms with Crippen LogP contribution in [0.2, 0.25) is 0 Å². The van der Waals surface area contributed by atoms with E-state index in [1.807, 2.05) is 97.1 Å². The Bertz CT molecular complexity index is 2050. The summed E-state index contributed by atoms with van der Waals surface area (Å²) in [6.45, 7) is 0. The fourth-order valence-corrected chi connectivity index (χ4v) is 5.48. The summed E-state index contributed by atoms with van der Waals surface area (Å²) in [7, 11) is 0. The molecule has 0 spiro atoms. The Morgan fingerprint density at radius 2 is 0.900 bits per heavy atom. The van der Waals surface area contributed by atoms with Crippen LogP contribution in [0.4, 0.5) is 0 Å². The summed E-state index contributed by atoms with van der Waals surface area (Å²) in [5.74, 6) is 0. The average molecular weight is 515 g/mol. The molecule has 6 heteroatoms. The van der Waals surface area contributed by atoms with Gasteiger partial charge in [0.1, 0.15) is 11.4 Å². The van der Waals surface area contributed by atoms with Crippen LogP contribution in [0.25, 0.3) is 44.2 Å². The highest BCUT2D eigenvalue weighted by molar-refractivity contribution is 6.56. The van der Waals surface area contributed by atoms with E-state index < -0.39 is 0 Å². The first-order valence-electron chi connectivity index (χ1n) is 12.9. The summed E-state index contributed by atoms with van der Waals surface area (Å²) in [6.07, 6.45) is 0. The molecule has 0 amide bonds. The van der Waals surface area contributed by atoms with Crippen LogP contribution in [0, 0.1) is 21.6 Å². The number of nitrogens with one attached hydrogen (secondary N) is 4. The Morgan fingerprint density at radius 3 is 1.62 bits per heavy atom. The smallest absolute Gasteiger partial charge is 0.117 e. The van der Waals surface area contributed by atoms with Crippen molar-refractivity contribution in [1.29, 1.82) is 21.6 Å². The maximum absolute atomic E-state index is 8.36. The van der Waals surface area contributed by atoms with Crippen LogP contribution in [0.1, 0.15) is 22.4 Å². The van der Waals surface area contributed by atoms with E-state index in [1.54, 1.807) is 0 Å². The maximum atomic E-state index is 8.36. The SMILES string of the molecule is N=C1C(=N)c2c(ccc3ccccc23)-c2ccccc21.N=C1C(=N)c2nc3ccccc3nc2-c2ccccc21. The van der Waals surface area contributed by atoms with E-state index in [1.165, 1.54) is 0 Å². The molecular weight excluding hydrogens is 492 g/mol. The molecule has 5 aromatic carbocycles. The van der Waals surface area contributed by atoms with E-state index in [9.17, 15) is 0 Å². The highest BCUT2D eigenvalue weighted by Crippen LogP contribution is 2.37. The zero-order valence-corrected chi connectivity index (χ0v) is 21.3. The first kappa shape index (κ1) is 23.5. The fraction of sp³-hybridized carbons (Fsp3) is 0. The molecule has 0 unspecified atom stereocenters. The number of hydrogen-bond acceptors (Lipinski definition) is 6. The van der Waals surface area contributed by atoms with Gasteiger partial charge < -0.3 is 0 Å².